The summed E-state index contributed by atoms with van der Waals surface area (Å²) in [6.45, 7) is 9.87. The minimum atomic E-state index is -6.00. The number of hydrogen-bond acceptors (Lipinski definition) is 4. The molecule has 5 nitrogen and oxygen atoms in total. The van der Waals surface area contributed by atoms with E-state index in [0.717, 1.165) is 5.39 Å². The second-order valence-corrected chi connectivity index (χ2v) is 6.92. The van der Waals surface area contributed by atoms with Gasteiger partial charge >= 0.3 is 24.9 Å². The first-order valence-corrected chi connectivity index (χ1v) is 9.00. The molecule has 0 saturated heterocycles. The van der Waals surface area contributed by atoms with Gasteiger partial charge in [-0.3, -0.25) is 0 Å². The van der Waals surface area contributed by atoms with E-state index in [0.29, 0.717) is 5.39 Å². The molecule has 0 spiro atoms. The Hall–Kier alpha value is -2.65. The van der Waals surface area contributed by atoms with Gasteiger partial charge < -0.3 is 26.7 Å². The molecule has 2 aromatic rings. The molecule has 0 amide bonds. The van der Waals surface area contributed by atoms with E-state index < -0.39 is 24.7 Å². The SMILES string of the molecule is CCOC(=O)c1c(C(=O)OCC)[n+](C(C)(C)C)cc2ccccc12.F[B-](F)(F)F. The van der Waals surface area contributed by atoms with Crippen molar-refractivity contribution in [1.29, 1.82) is 0 Å². The Morgan fingerprint density at radius 2 is 1.45 bits per heavy atom. The number of carbonyl (C=O) groups is 2. The average molecular weight is 417 g/mol. The lowest BCUT2D eigenvalue weighted by molar-refractivity contribution is -0.754. The average Bonchev–Trinajstić information content (AvgIpc) is 2.58. The molecule has 0 aliphatic rings. The smallest absolute Gasteiger partial charge is 0.462 e. The molecular formula is C19H24BF4NO4. The molecule has 0 atom stereocenters. The summed E-state index contributed by atoms with van der Waals surface area (Å²) in [5.41, 5.74) is 0.0673. The van der Waals surface area contributed by atoms with Crippen molar-refractivity contribution in [3.05, 3.63) is 41.7 Å². The van der Waals surface area contributed by atoms with E-state index in [1.54, 1.807) is 18.4 Å². The van der Waals surface area contributed by atoms with Gasteiger partial charge in [-0.05, 0) is 19.9 Å². The van der Waals surface area contributed by atoms with Gasteiger partial charge in [0.15, 0.2) is 11.7 Å². The molecule has 10 heteroatoms. The fraction of sp³-hybridized carbons (Fsp3) is 0.421. The van der Waals surface area contributed by atoms with Gasteiger partial charge in [-0.25, -0.2) is 9.59 Å². The summed E-state index contributed by atoms with van der Waals surface area (Å²) in [7, 11) is -6.00. The summed E-state index contributed by atoms with van der Waals surface area (Å²) in [5.74, 6) is -1.04. The van der Waals surface area contributed by atoms with Gasteiger partial charge in [0.25, 0.3) is 0 Å². The number of nitrogens with zero attached hydrogens (tertiary/aromatic N) is 1. The van der Waals surface area contributed by atoms with Crippen LogP contribution >= 0.6 is 0 Å². The first-order valence-electron chi connectivity index (χ1n) is 9.00. The van der Waals surface area contributed by atoms with Crippen LogP contribution in [-0.2, 0) is 15.0 Å². The van der Waals surface area contributed by atoms with Crippen LogP contribution in [-0.4, -0.2) is 32.4 Å². The highest BCUT2D eigenvalue weighted by atomic mass is 19.5. The van der Waals surface area contributed by atoms with Gasteiger partial charge in [-0.2, -0.15) is 4.57 Å². The van der Waals surface area contributed by atoms with Crippen LogP contribution in [0, 0.1) is 0 Å². The molecule has 1 heterocycles. The standard InChI is InChI=1S/C19H24NO4.BF4/c1-6-23-17(21)15-14-11-9-8-10-13(14)12-20(19(3,4)5)16(15)18(22)24-7-2;2-1(3,4)5/h8-12H,6-7H2,1-5H3;/q+1;-1. The summed E-state index contributed by atoms with van der Waals surface area (Å²) in [6, 6.07) is 7.46. The first kappa shape index (κ1) is 24.4. The number of rotatable bonds is 4. The van der Waals surface area contributed by atoms with Crippen LogP contribution in [0.15, 0.2) is 30.5 Å². The van der Waals surface area contributed by atoms with Crippen LogP contribution in [0.25, 0.3) is 10.8 Å². The highest BCUT2D eigenvalue weighted by Crippen LogP contribution is 2.24. The maximum atomic E-state index is 12.6. The number of aromatic nitrogens is 1. The number of pyridine rings is 1. The first-order chi connectivity index (χ1) is 13.3. The molecule has 0 aliphatic carbocycles. The highest BCUT2D eigenvalue weighted by molar-refractivity contribution is 6.50. The lowest BCUT2D eigenvalue weighted by atomic mass is 9.99. The summed E-state index contributed by atoms with van der Waals surface area (Å²) in [4.78, 5) is 25.3. The molecule has 160 valence electrons. The van der Waals surface area contributed by atoms with E-state index in [1.165, 1.54) is 0 Å². The van der Waals surface area contributed by atoms with Crippen molar-refractivity contribution < 1.29 is 40.9 Å². The number of hydrogen-bond donors (Lipinski definition) is 0. The summed E-state index contributed by atoms with van der Waals surface area (Å²) < 4.78 is 51.2. The Kier molecular flexibility index (Phi) is 8.17. The Labute approximate surface area is 166 Å². The molecule has 0 unspecified atom stereocenters. The van der Waals surface area contributed by atoms with Gasteiger partial charge in [-0.1, -0.05) is 18.2 Å². The van der Waals surface area contributed by atoms with Crippen molar-refractivity contribution >= 4 is 30.0 Å². The fourth-order valence-corrected chi connectivity index (χ4v) is 2.63. The minimum absolute atomic E-state index is 0.224. The predicted molar refractivity (Wildman–Crippen MR) is 101 cm³/mol. The Morgan fingerprint density at radius 1 is 0.966 bits per heavy atom. The van der Waals surface area contributed by atoms with Crippen LogP contribution in [0.5, 0.6) is 0 Å². The molecule has 2 rings (SSSR count). The lowest BCUT2D eigenvalue weighted by Gasteiger charge is -2.19. The van der Waals surface area contributed by atoms with E-state index in [4.69, 9.17) is 9.47 Å². The Balaban J connectivity index is 0.000000749. The third kappa shape index (κ3) is 7.03. The monoisotopic (exact) mass is 417 g/mol. The van der Waals surface area contributed by atoms with Crippen LogP contribution in [0.2, 0.25) is 0 Å². The minimum Gasteiger partial charge on any atom is -0.462 e. The van der Waals surface area contributed by atoms with Gasteiger partial charge in [0.2, 0.25) is 0 Å². The number of halogens is 4. The van der Waals surface area contributed by atoms with Crippen molar-refractivity contribution in [1.82, 2.24) is 0 Å². The van der Waals surface area contributed by atoms with Crippen LogP contribution in [0.4, 0.5) is 17.3 Å². The van der Waals surface area contributed by atoms with E-state index in [-0.39, 0.29) is 24.5 Å². The summed E-state index contributed by atoms with van der Waals surface area (Å²) >= 11 is 0. The number of esters is 2. The number of fused-ring (bicyclic) bond motifs is 1. The van der Waals surface area contributed by atoms with Gasteiger partial charge in [0.1, 0.15) is 5.56 Å². The normalized spacial score (nSPS) is 11.5. The zero-order valence-corrected chi connectivity index (χ0v) is 17.0. The molecule has 0 N–H and O–H groups in total. The molecule has 1 aromatic carbocycles. The second-order valence-electron chi connectivity index (χ2n) is 6.92. The van der Waals surface area contributed by atoms with Crippen molar-refractivity contribution in [3.8, 4) is 0 Å². The quantitative estimate of drug-likeness (QED) is 0.317. The van der Waals surface area contributed by atoms with E-state index in [1.807, 2.05) is 51.2 Å². The van der Waals surface area contributed by atoms with Crippen molar-refractivity contribution in [2.45, 2.75) is 40.2 Å². The van der Waals surface area contributed by atoms with Crippen molar-refractivity contribution in [2.24, 2.45) is 0 Å². The predicted octanol–water partition coefficient (Wildman–Crippen LogP) is 4.54. The van der Waals surface area contributed by atoms with Gasteiger partial charge in [0.05, 0.1) is 13.2 Å². The third-order valence-electron chi connectivity index (χ3n) is 3.65. The second kappa shape index (κ2) is 9.71. The van der Waals surface area contributed by atoms with E-state index in [9.17, 15) is 26.9 Å². The molecule has 1 aromatic heterocycles. The molecule has 0 saturated carbocycles. The molecule has 0 aliphatic heterocycles. The molecule has 29 heavy (non-hydrogen) atoms. The zero-order valence-electron chi connectivity index (χ0n) is 17.0. The van der Waals surface area contributed by atoms with Crippen LogP contribution in [0.1, 0.15) is 55.5 Å². The van der Waals surface area contributed by atoms with E-state index in [2.05, 4.69) is 0 Å². The highest BCUT2D eigenvalue weighted by Gasteiger charge is 2.38. The Morgan fingerprint density at radius 3 is 1.93 bits per heavy atom. The topological polar surface area (TPSA) is 56.5 Å². The largest absolute Gasteiger partial charge is 0.673 e. The number of benzene rings is 1. The Bertz CT molecular complexity index is 873. The molecule has 0 fully saturated rings. The van der Waals surface area contributed by atoms with Gasteiger partial charge in [0, 0.05) is 31.5 Å². The van der Waals surface area contributed by atoms with Crippen LogP contribution < -0.4 is 4.57 Å². The van der Waals surface area contributed by atoms with Crippen LogP contribution in [0.3, 0.4) is 0 Å². The molecular weight excluding hydrogens is 393 g/mol. The number of ether oxygens (including phenoxy) is 2. The zero-order chi connectivity index (χ0) is 22.4. The maximum absolute atomic E-state index is 12.6. The van der Waals surface area contributed by atoms with Crippen molar-refractivity contribution in [2.75, 3.05) is 13.2 Å². The van der Waals surface area contributed by atoms with E-state index >= 15 is 0 Å². The van der Waals surface area contributed by atoms with Gasteiger partial charge in [-0.15, -0.1) is 0 Å². The lowest BCUT2D eigenvalue weighted by Crippen LogP contribution is -2.55. The summed E-state index contributed by atoms with van der Waals surface area (Å²) in [5, 5.41) is 1.54. The fourth-order valence-electron chi connectivity index (χ4n) is 2.63. The maximum Gasteiger partial charge on any atom is 0.673 e. The molecule has 0 radical (unpaired) electrons. The van der Waals surface area contributed by atoms with Crippen molar-refractivity contribution in [3.63, 3.8) is 0 Å². The molecule has 0 bridgehead atoms. The third-order valence-corrected chi connectivity index (χ3v) is 3.65. The number of carbonyl (C=O) groups excluding carboxylic acids is 2. The summed E-state index contributed by atoms with van der Waals surface area (Å²) in [6.07, 6.45) is 1.88.